The number of ether oxygens (including phenoxy) is 2. The quantitative estimate of drug-likeness (QED) is 0.392. The normalized spacial score (nSPS) is 39.8. The van der Waals surface area contributed by atoms with Crippen LogP contribution in [0.1, 0.15) is 32.1 Å². The molecule has 1 heterocycles. The van der Waals surface area contributed by atoms with Crippen molar-refractivity contribution < 1.29 is 14.3 Å². The molecule has 2 aliphatic rings. The lowest BCUT2D eigenvalue weighted by molar-refractivity contribution is -0.0948. The van der Waals surface area contributed by atoms with Crippen LogP contribution in [-0.4, -0.2) is 22.3 Å². The first-order valence-corrected chi connectivity index (χ1v) is 5.97. The maximum absolute atomic E-state index is 11.0. The van der Waals surface area contributed by atoms with E-state index in [-0.39, 0.29) is 5.60 Å². The Hall–Kier alpha value is -0.0000000000000000555. The molecule has 0 aromatic rings. The molecule has 13 heavy (non-hydrogen) atoms. The summed E-state index contributed by atoms with van der Waals surface area (Å²) in [5.74, 6) is 0. The summed E-state index contributed by atoms with van der Waals surface area (Å²) >= 11 is 2.41. The van der Waals surface area contributed by atoms with Crippen LogP contribution >= 0.6 is 22.6 Å². The van der Waals surface area contributed by atoms with Gasteiger partial charge >= 0.3 is 6.16 Å². The van der Waals surface area contributed by atoms with E-state index in [1.54, 1.807) is 0 Å². The molecule has 4 heteroatoms. The lowest BCUT2D eigenvalue weighted by atomic mass is 9.82. The lowest BCUT2D eigenvalue weighted by Crippen LogP contribution is -2.49. The van der Waals surface area contributed by atoms with E-state index in [0.29, 0.717) is 10.5 Å². The van der Waals surface area contributed by atoms with Crippen LogP contribution in [0.15, 0.2) is 0 Å². The molecule has 1 saturated heterocycles. The molecule has 1 aliphatic carbocycles. The van der Waals surface area contributed by atoms with E-state index in [2.05, 4.69) is 22.6 Å². The van der Waals surface area contributed by atoms with Gasteiger partial charge in [-0.15, -0.1) is 0 Å². The molecular formula is C9H13IO3. The smallest absolute Gasteiger partial charge is 0.434 e. The third kappa shape index (κ3) is 1.78. The summed E-state index contributed by atoms with van der Waals surface area (Å²) in [4.78, 5) is 11.0. The topological polar surface area (TPSA) is 35.5 Å². The maximum atomic E-state index is 11.0. The fraction of sp³-hybridized carbons (Fsp3) is 0.889. The summed E-state index contributed by atoms with van der Waals surface area (Å²) in [6.45, 7) is 0.526. The van der Waals surface area contributed by atoms with Crippen molar-refractivity contribution >= 4 is 28.7 Å². The van der Waals surface area contributed by atoms with Gasteiger partial charge in [0.25, 0.3) is 0 Å². The summed E-state index contributed by atoms with van der Waals surface area (Å²) in [7, 11) is 0. The number of hydrogen-bond donors (Lipinski definition) is 0. The van der Waals surface area contributed by atoms with Crippen molar-refractivity contribution in [2.75, 3.05) is 6.61 Å². The largest absolute Gasteiger partial charge is 0.508 e. The van der Waals surface area contributed by atoms with Crippen molar-refractivity contribution in [3.63, 3.8) is 0 Å². The van der Waals surface area contributed by atoms with Crippen LogP contribution in [-0.2, 0) is 9.47 Å². The Morgan fingerprint density at radius 2 is 2.23 bits per heavy atom. The molecule has 2 fully saturated rings. The van der Waals surface area contributed by atoms with Gasteiger partial charge in [0.1, 0.15) is 5.60 Å². The van der Waals surface area contributed by atoms with Gasteiger partial charge in [-0.25, -0.2) is 4.79 Å². The Kier molecular flexibility index (Phi) is 2.67. The molecule has 1 spiro atoms. The van der Waals surface area contributed by atoms with Crippen LogP contribution in [0.25, 0.3) is 0 Å². The highest BCUT2D eigenvalue weighted by Gasteiger charge is 2.45. The van der Waals surface area contributed by atoms with E-state index in [4.69, 9.17) is 9.47 Å². The van der Waals surface area contributed by atoms with Crippen LogP contribution in [0.5, 0.6) is 0 Å². The third-order valence-electron chi connectivity index (χ3n) is 2.91. The molecule has 0 bridgehead atoms. The van der Waals surface area contributed by atoms with E-state index in [1.165, 1.54) is 12.8 Å². The minimum Gasteiger partial charge on any atom is -0.434 e. The first kappa shape index (κ1) is 9.55. The van der Waals surface area contributed by atoms with Crippen molar-refractivity contribution in [2.24, 2.45) is 0 Å². The van der Waals surface area contributed by atoms with Crippen molar-refractivity contribution in [3.8, 4) is 0 Å². The molecule has 0 N–H and O–H groups in total. The standard InChI is InChI=1S/C9H13IO3/c10-7-3-1-2-4-9(7)5-6-12-8(11)13-9/h7H,1-6H2/t7-,9+/m1/s1. The number of carbonyl (C=O) groups is 1. The molecule has 74 valence electrons. The molecule has 1 aliphatic heterocycles. The Balaban J connectivity index is 2.11. The summed E-state index contributed by atoms with van der Waals surface area (Å²) in [5.41, 5.74) is -0.200. The molecule has 0 aromatic carbocycles. The number of hydrogen-bond acceptors (Lipinski definition) is 3. The highest BCUT2D eigenvalue weighted by Crippen LogP contribution is 2.41. The summed E-state index contributed by atoms with van der Waals surface area (Å²) in [5, 5.41) is 0. The number of halogens is 1. The zero-order valence-corrected chi connectivity index (χ0v) is 9.58. The van der Waals surface area contributed by atoms with Gasteiger partial charge in [0.05, 0.1) is 10.5 Å². The molecule has 1 saturated carbocycles. The van der Waals surface area contributed by atoms with Gasteiger partial charge in [-0.1, -0.05) is 29.0 Å². The Morgan fingerprint density at radius 3 is 2.92 bits per heavy atom. The summed E-state index contributed by atoms with van der Waals surface area (Å²) < 4.78 is 10.6. The fourth-order valence-electron chi connectivity index (χ4n) is 2.12. The molecule has 2 atom stereocenters. The van der Waals surface area contributed by atoms with Gasteiger partial charge in [0, 0.05) is 6.42 Å². The minimum absolute atomic E-state index is 0.200. The predicted octanol–water partition coefficient (Wildman–Crippen LogP) is 2.66. The average Bonchev–Trinajstić information content (AvgIpc) is 2.11. The maximum Gasteiger partial charge on any atom is 0.508 e. The summed E-state index contributed by atoms with van der Waals surface area (Å²) in [6, 6.07) is 0. The SMILES string of the molecule is O=C1OCC[C@]2(CCCC[C@H]2I)O1. The number of rotatable bonds is 0. The molecule has 0 unspecified atom stereocenters. The Labute approximate surface area is 91.3 Å². The van der Waals surface area contributed by atoms with E-state index >= 15 is 0 Å². The van der Waals surface area contributed by atoms with Gasteiger partial charge in [0.15, 0.2) is 0 Å². The van der Waals surface area contributed by atoms with Gasteiger partial charge in [-0.2, -0.15) is 0 Å². The van der Waals surface area contributed by atoms with Crippen molar-refractivity contribution in [1.82, 2.24) is 0 Å². The number of alkyl halides is 1. The van der Waals surface area contributed by atoms with E-state index < -0.39 is 6.16 Å². The summed E-state index contributed by atoms with van der Waals surface area (Å²) in [6.07, 6.45) is 4.99. The zero-order valence-electron chi connectivity index (χ0n) is 7.42. The van der Waals surface area contributed by atoms with Gasteiger partial charge in [0.2, 0.25) is 0 Å². The van der Waals surface area contributed by atoms with Crippen molar-refractivity contribution in [2.45, 2.75) is 41.6 Å². The highest BCUT2D eigenvalue weighted by molar-refractivity contribution is 14.1. The monoisotopic (exact) mass is 296 g/mol. The fourth-order valence-corrected chi connectivity index (χ4v) is 3.31. The molecule has 3 nitrogen and oxygen atoms in total. The first-order valence-electron chi connectivity index (χ1n) is 4.73. The zero-order chi connectivity index (χ0) is 9.31. The molecular weight excluding hydrogens is 283 g/mol. The number of cyclic esters (lactones) is 1. The number of carbonyl (C=O) groups excluding carboxylic acids is 1. The van der Waals surface area contributed by atoms with E-state index in [1.807, 2.05) is 0 Å². The molecule has 0 amide bonds. The van der Waals surface area contributed by atoms with Crippen LogP contribution in [0.3, 0.4) is 0 Å². The van der Waals surface area contributed by atoms with Crippen molar-refractivity contribution in [1.29, 1.82) is 0 Å². The molecule has 0 radical (unpaired) electrons. The predicted molar refractivity (Wildman–Crippen MR) is 56.1 cm³/mol. The Morgan fingerprint density at radius 1 is 1.38 bits per heavy atom. The second-order valence-corrected chi connectivity index (χ2v) is 5.23. The minimum atomic E-state index is -0.477. The second kappa shape index (κ2) is 3.63. The third-order valence-corrected chi connectivity index (χ3v) is 4.67. The van der Waals surface area contributed by atoms with Gasteiger partial charge in [-0.05, 0) is 19.3 Å². The van der Waals surface area contributed by atoms with Crippen LogP contribution in [0.4, 0.5) is 4.79 Å². The van der Waals surface area contributed by atoms with Crippen LogP contribution in [0.2, 0.25) is 0 Å². The lowest BCUT2D eigenvalue weighted by Gasteiger charge is -2.42. The molecule has 2 rings (SSSR count). The average molecular weight is 296 g/mol. The highest BCUT2D eigenvalue weighted by atomic mass is 127. The van der Waals surface area contributed by atoms with E-state index in [9.17, 15) is 4.79 Å². The first-order chi connectivity index (χ1) is 6.23. The molecule has 0 aromatic heterocycles. The van der Waals surface area contributed by atoms with E-state index in [0.717, 1.165) is 19.3 Å². The van der Waals surface area contributed by atoms with Gasteiger partial charge in [-0.3, -0.25) is 0 Å². The van der Waals surface area contributed by atoms with Crippen LogP contribution in [0, 0.1) is 0 Å². The van der Waals surface area contributed by atoms with Crippen molar-refractivity contribution in [3.05, 3.63) is 0 Å². The second-order valence-electron chi connectivity index (χ2n) is 3.73. The van der Waals surface area contributed by atoms with Crippen LogP contribution < -0.4 is 0 Å². The Bertz CT molecular complexity index is 215. The van der Waals surface area contributed by atoms with Gasteiger partial charge < -0.3 is 9.47 Å².